The van der Waals surface area contributed by atoms with E-state index in [0.29, 0.717) is 19.8 Å². The van der Waals surface area contributed by atoms with Crippen molar-refractivity contribution in [2.45, 2.75) is 19.3 Å². The SMILES string of the molecule is NCCOCC(=O)OCCC1CC1. The van der Waals surface area contributed by atoms with Gasteiger partial charge in [-0.2, -0.15) is 0 Å². The predicted molar refractivity (Wildman–Crippen MR) is 48.2 cm³/mol. The largest absolute Gasteiger partial charge is 0.464 e. The third-order valence-electron chi connectivity index (χ3n) is 1.97. The first-order valence-corrected chi connectivity index (χ1v) is 4.76. The zero-order valence-electron chi connectivity index (χ0n) is 7.83. The summed E-state index contributed by atoms with van der Waals surface area (Å²) in [6.45, 7) is 1.42. The van der Waals surface area contributed by atoms with E-state index >= 15 is 0 Å². The zero-order valence-corrected chi connectivity index (χ0v) is 7.83. The summed E-state index contributed by atoms with van der Waals surface area (Å²) in [5, 5.41) is 0. The molecular weight excluding hydrogens is 170 g/mol. The number of esters is 1. The average Bonchev–Trinajstić information content (AvgIpc) is 2.89. The molecule has 4 nitrogen and oxygen atoms in total. The van der Waals surface area contributed by atoms with Crippen molar-refractivity contribution < 1.29 is 14.3 Å². The summed E-state index contributed by atoms with van der Waals surface area (Å²) < 4.78 is 9.85. The molecule has 1 aliphatic carbocycles. The van der Waals surface area contributed by atoms with Gasteiger partial charge < -0.3 is 15.2 Å². The van der Waals surface area contributed by atoms with E-state index in [0.717, 1.165) is 12.3 Å². The maximum atomic E-state index is 10.9. The Kier molecular flexibility index (Phi) is 4.78. The fraction of sp³-hybridized carbons (Fsp3) is 0.889. The second kappa shape index (κ2) is 5.94. The van der Waals surface area contributed by atoms with E-state index in [-0.39, 0.29) is 12.6 Å². The molecule has 1 rings (SSSR count). The Morgan fingerprint density at radius 3 is 2.77 bits per heavy atom. The summed E-state index contributed by atoms with van der Waals surface area (Å²) in [6.07, 6.45) is 3.59. The second-order valence-corrected chi connectivity index (χ2v) is 3.29. The number of hydrogen-bond donors (Lipinski definition) is 1. The lowest BCUT2D eigenvalue weighted by atomic mass is 10.3. The van der Waals surface area contributed by atoms with E-state index in [1.165, 1.54) is 12.8 Å². The fourth-order valence-corrected chi connectivity index (χ4v) is 1.03. The van der Waals surface area contributed by atoms with Crippen LogP contribution < -0.4 is 5.73 Å². The Labute approximate surface area is 78.4 Å². The third kappa shape index (κ3) is 5.60. The van der Waals surface area contributed by atoms with Gasteiger partial charge in [0.1, 0.15) is 6.61 Å². The number of rotatable bonds is 7. The van der Waals surface area contributed by atoms with Crippen molar-refractivity contribution in [2.24, 2.45) is 11.7 Å². The van der Waals surface area contributed by atoms with Crippen molar-refractivity contribution in [3.8, 4) is 0 Å². The minimum absolute atomic E-state index is 0.0296. The number of hydrogen-bond acceptors (Lipinski definition) is 4. The first-order chi connectivity index (χ1) is 6.33. The van der Waals surface area contributed by atoms with E-state index < -0.39 is 0 Å². The van der Waals surface area contributed by atoms with Crippen molar-refractivity contribution >= 4 is 5.97 Å². The minimum Gasteiger partial charge on any atom is -0.464 e. The molecule has 0 aromatic carbocycles. The van der Waals surface area contributed by atoms with Gasteiger partial charge in [0.05, 0.1) is 13.2 Å². The summed E-state index contributed by atoms with van der Waals surface area (Å²) in [7, 11) is 0. The number of carbonyl (C=O) groups excluding carboxylic acids is 1. The first-order valence-electron chi connectivity index (χ1n) is 4.76. The highest BCUT2D eigenvalue weighted by atomic mass is 16.6. The standard InChI is InChI=1S/C9H17NO3/c10-4-6-12-7-9(11)13-5-3-8-1-2-8/h8H,1-7,10H2. The lowest BCUT2D eigenvalue weighted by Crippen LogP contribution is -2.17. The molecule has 1 aliphatic rings. The van der Waals surface area contributed by atoms with Crippen LogP contribution in [-0.4, -0.2) is 32.3 Å². The first kappa shape index (κ1) is 10.5. The topological polar surface area (TPSA) is 61.5 Å². The van der Waals surface area contributed by atoms with Gasteiger partial charge in [-0.1, -0.05) is 12.8 Å². The summed E-state index contributed by atoms with van der Waals surface area (Å²) in [5.41, 5.74) is 5.19. The van der Waals surface area contributed by atoms with Crippen molar-refractivity contribution in [1.29, 1.82) is 0 Å². The van der Waals surface area contributed by atoms with Crippen molar-refractivity contribution in [2.75, 3.05) is 26.4 Å². The molecule has 0 atom stereocenters. The predicted octanol–water partition coefficient (Wildman–Crippen LogP) is 0.305. The van der Waals surface area contributed by atoms with Crippen molar-refractivity contribution in [1.82, 2.24) is 0 Å². The second-order valence-electron chi connectivity index (χ2n) is 3.29. The lowest BCUT2D eigenvalue weighted by molar-refractivity contribution is -0.149. The van der Waals surface area contributed by atoms with Crippen LogP contribution in [-0.2, 0) is 14.3 Å². The molecule has 0 aromatic rings. The van der Waals surface area contributed by atoms with Gasteiger partial charge in [-0.15, -0.1) is 0 Å². The van der Waals surface area contributed by atoms with Crippen molar-refractivity contribution in [3.63, 3.8) is 0 Å². The van der Waals surface area contributed by atoms with E-state index in [1.807, 2.05) is 0 Å². The monoisotopic (exact) mass is 187 g/mol. The fourth-order valence-electron chi connectivity index (χ4n) is 1.03. The van der Waals surface area contributed by atoms with Crippen LogP contribution in [0.15, 0.2) is 0 Å². The van der Waals surface area contributed by atoms with E-state index in [2.05, 4.69) is 0 Å². The van der Waals surface area contributed by atoms with Gasteiger partial charge in [0.15, 0.2) is 0 Å². The summed E-state index contributed by atoms with van der Waals surface area (Å²) >= 11 is 0. The third-order valence-corrected chi connectivity index (χ3v) is 1.97. The van der Waals surface area contributed by atoms with Crippen LogP contribution in [0.2, 0.25) is 0 Å². The van der Waals surface area contributed by atoms with Gasteiger partial charge >= 0.3 is 5.97 Å². The highest BCUT2D eigenvalue weighted by Crippen LogP contribution is 2.31. The van der Waals surface area contributed by atoms with Crippen LogP contribution in [0, 0.1) is 5.92 Å². The zero-order chi connectivity index (χ0) is 9.52. The quantitative estimate of drug-likeness (QED) is 0.460. The Morgan fingerprint density at radius 1 is 1.38 bits per heavy atom. The van der Waals surface area contributed by atoms with Crippen LogP contribution in [0.1, 0.15) is 19.3 Å². The van der Waals surface area contributed by atoms with Crippen LogP contribution in [0.25, 0.3) is 0 Å². The molecular formula is C9H17NO3. The summed E-state index contributed by atoms with van der Waals surface area (Å²) in [4.78, 5) is 10.9. The van der Waals surface area contributed by atoms with E-state index in [9.17, 15) is 4.79 Å². The highest BCUT2D eigenvalue weighted by Gasteiger charge is 2.21. The molecule has 1 fully saturated rings. The van der Waals surface area contributed by atoms with Gasteiger partial charge in [0, 0.05) is 6.54 Å². The van der Waals surface area contributed by atoms with Gasteiger partial charge in [-0.25, -0.2) is 4.79 Å². The van der Waals surface area contributed by atoms with Gasteiger partial charge in [0.2, 0.25) is 0 Å². The van der Waals surface area contributed by atoms with Gasteiger partial charge in [-0.05, 0) is 12.3 Å². The lowest BCUT2D eigenvalue weighted by Gasteiger charge is -2.04. The van der Waals surface area contributed by atoms with Crippen LogP contribution in [0.4, 0.5) is 0 Å². The molecule has 4 heteroatoms. The molecule has 0 radical (unpaired) electrons. The van der Waals surface area contributed by atoms with Gasteiger partial charge in [-0.3, -0.25) is 0 Å². The van der Waals surface area contributed by atoms with Crippen LogP contribution in [0.3, 0.4) is 0 Å². The molecule has 0 amide bonds. The van der Waals surface area contributed by atoms with Crippen LogP contribution >= 0.6 is 0 Å². The molecule has 0 saturated heterocycles. The Bertz CT molecular complexity index is 157. The molecule has 0 bridgehead atoms. The van der Waals surface area contributed by atoms with Crippen molar-refractivity contribution in [3.05, 3.63) is 0 Å². The summed E-state index contributed by atoms with van der Waals surface area (Å²) in [6, 6.07) is 0. The molecule has 0 aliphatic heterocycles. The molecule has 2 N–H and O–H groups in total. The Morgan fingerprint density at radius 2 is 2.15 bits per heavy atom. The van der Waals surface area contributed by atoms with Gasteiger partial charge in [0.25, 0.3) is 0 Å². The number of ether oxygens (including phenoxy) is 2. The molecule has 76 valence electrons. The van der Waals surface area contributed by atoms with Crippen LogP contribution in [0.5, 0.6) is 0 Å². The Balaban J connectivity index is 1.84. The molecule has 0 spiro atoms. The van der Waals surface area contributed by atoms with E-state index in [4.69, 9.17) is 15.2 Å². The average molecular weight is 187 g/mol. The molecule has 0 heterocycles. The maximum absolute atomic E-state index is 10.9. The Hall–Kier alpha value is -0.610. The minimum atomic E-state index is -0.283. The van der Waals surface area contributed by atoms with E-state index in [1.54, 1.807) is 0 Å². The molecule has 1 saturated carbocycles. The maximum Gasteiger partial charge on any atom is 0.332 e. The molecule has 0 aromatic heterocycles. The molecule has 13 heavy (non-hydrogen) atoms. The normalized spacial score (nSPS) is 15.8. The number of nitrogens with two attached hydrogens (primary N) is 1. The smallest absolute Gasteiger partial charge is 0.332 e. The molecule has 0 unspecified atom stereocenters. The highest BCUT2D eigenvalue weighted by molar-refractivity contribution is 5.70. The summed E-state index contributed by atoms with van der Waals surface area (Å²) in [5.74, 6) is 0.520. The number of carbonyl (C=O) groups is 1.